The molecule has 2 aromatic carbocycles. The highest BCUT2D eigenvalue weighted by molar-refractivity contribution is 5.91. The summed E-state index contributed by atoms with van der Waals surface area (Å²) < 4.78 is 28.0. The van der Waals surface area contributed by atoms with Gasteiger partial charge < -0.3 is 24.4 Å². The average Bonchev–Trinajstić information content (AvgIpc) is 3.24. The van der Waals surface area contributed by atoms with E-state index in [0.717, 1.165) is 48.4 Å². The lowest BCUT2D eigenvalue weighted by Gasteiger charge is -2.20. The van der Waals surface area contributed by atoms with Crippen LogP contribution in [-0.4, -0.2) is 34.7 Å². The van der Waals surface area contributed by atoms with Crippen molar-refractivity contribution in [1.82, 2.24) is 14.5 Å². The number of nitrogens with zero attached hydrogens (tertiary/aromatic N) is 4. The molecule has 8 heteroatoms. The van der Waals surface area contributed by atoms with Crippen molar-refractivity contribution in [3.05, 3.63) is 30.1 Å². The van der Waals surface area contributed by atoms with Crippen molar-refractivity contribution in [1.29, 1.82) is 0 Å². The lowest BCUT2D eigenvalue weighted by Crippen LogP contribution is -2.16. The molecule has 0 atom stereocenters. The second-order valence-electron chi connectivity index (χ2n) is 7.33. The van der Waals surface area contributed by atoms with Crippen LogP contribution in [0.1, 0.15) is 19.8 Å². The third kappa shape index (κ3) is 2.86. The van der Waals surface area contributed by atoms with Crippen LogP contribution in [-0.2, 0) is 6.54 Å². The van der Waals surface area contributed by atoms with Crippen molar-refractivity contribution in [3.63, 3.8) is 0 Å². The quantitative estimate of drug-likeness (QED) is 0.560. The molecule has 0 spiro atoms. The number of aromatic nitrogens is 3. The molecular formula is C21H22FN5O2. The Hall–Kier alpha value is -3.29. The predicted octanol–water partition coefficient (Wildman–Crippen LogP) is 4.19. The van der Waals surface area contributed by atoms with Crippen LogP contribution in [0.2, 0.25) is 0 Å². The first-order valence-corrected chi connectivity index (χ1v) is 9.79. The van der Waals surface area contributed by atoms with Gasteiger partial charge in [-0.3, -0.25) is 0 Å². The molecule has 29 heavy (non-hydrogen) atoms. The van der Waals surface area contributed by atoms with Gasteiger partial charge >= 0.3 is 0 Å². The minimum atomic E-state index is -0.504. The molecule has 1 aliphatic heterocycles. The van der Waals surface area contributed by atoms with Crippen molar-refractivity contribution >= 4 is 33.8 Å². The highest BCUT2D eigenvalue weighted by Crippen LogP contribution is 2.37. The monoisotopic (exact) mass is 395 g/mol. The zero-order valence-electron chi connectivity index (χ0n) is 16.4. The Morgan fingerprint density at radius 2 is 2.03 bits per heavy atom. The summed E-state index contributed by atoms with van der Waals surface area (Å²) in [6, 6.07) is 7.25. The molecule has 0 saturated heterocycles. The van der Waals surface area contributed by atoms with Crippen LogP contribution < -0.4 is 15.4 Å². The summed E-state index contributed by atoms with van der Waals surface area (Å²) in [5, 5.41) is 0. The minimum absolute atomic E-state index is 0.0538. The van der Waals surface area contributed by atoms with Crippen molar-refractivity contribution in [2.75, 3.05) is 30.8 Å². The van der Waals surface area contributed by atoms with Gasteiger partial charge in [-0.05, 0) is 38.0 Å². The van der Waals surface area contributed by atoms with Gasteiger partial charge in [0.1, 0.15) is 22.6 Å². The Labute approximate surface area is 166 Å². The van der Waals surface area contributed by atoms with Gasteiger partial charge in [-0.15, -0.1) is 0 Å². The van der Waals surface area contributed by atoms with Crippen LogP contribution in [0.5, 0.6) is 5.75 Å². The van der Waals surface area contributed by atoms with E-state index in [1.165, 1.54) is 6.07 Å². The largest absolute Gasteiger partial charge is 0.491 e. The number of hydrogen-bond donors (Lipinski definition) is 1. The Morgan fingerprint density at radius 3 is 2.86 bits per heavy atom. The lowest BCUT2D eigenvalue weighted by molar-refractivity contribution is 0.299. The number of benzene rings is 2. The van der Waals surface area contributed by atoms with Crippen molar-refractivity contribution < 1.29 is 13.5 Å². The Kier molecular flexibility index (Phi) is 4.08. The Balaban J connectivity index is 1.77. The SMILES string of the molecule is CCN(C)c1cc2c3c(c1)nc(-c1cc(F)c4oc(N)nc4c1)n3CCCCO2. The first-order chi connectivity index (χ1) is 14.0. The first-order valence-electron chi connectivity index (χ1n) is 9.79. The van der Waals surface area contributed by atoms with E-state index in [0.29, 0.717) is 23.5 Å². The zero-order valence-corrected chi connectivity index (χ0v) is 16.4. The Bertz CT molecular complexity index is 1230. The fourth-order valence-electron chi connectivity index (χ4n) is 3.86. The molecule has 0 unspecified atom stereocenters. The van der Waals surface area contributed by atoms with Gasteiger partial charge in [0.15, 0.2) is 11.4 Å². The number of hydrogen-bond acceptors (Lipinski definition) is 6. The summed E-state index contributed by atoms with van der Waals surface area (Å²) in [5.74, 6) is 0.990. The molecule has 0 aliphatic carbocycles. The summed E-state index contributed by atoms with van der Waals surface area (Å²) in [4.78, 5) is 11.1. The summed E-state index contributed by atoms with van der Waals surface area (Å²) in [6.45, 7) is 4.42. The number of nitrogen functional groups attached to an aromatic ring is 1. The van der Waals surface area contributed by atoms with E-state index in [-0.39, 0.29) is 11.6 Å². The van der Waals surface area contributed by atoms with Crippen molar-refractivity contribution in [3.8, 4) is 17.1 Å². The molecule has 3 heterocycles. The summed E-state index contributed by atoms with van der Waals surface area (Å²) in [6.07, 6.45) is 1.90. The number of halogens is 1. The van der Waals surface area contributed by atoms with E-state index in [9.17, 15) is 4.39 Å². The van der Waals surface area contributed by atoms with Gasteiger partial charge in [0.25, 0.3) is 6.01 Å². The van der Waals surface area contributed by atoms with E-state index < -0.39 is 5.82 Å². The predicted molar refractivity (Wildman–Crippen MR) is 111 cm³/mol. The summed E-state index contributed by atoms with van der Waals surface area (Å²) in [5.41, 5.74) is 9.49. The van der Waals surface area contributed by atoms with Gasteiger partial charge in [0.2, 0.25) is 0 Å². The number of nitrogens with two attached hydrogens (primary N) is 1. The molecule has 1 aliphatic rings. The molecule has 150 valence electrons. The number of imidazole rings is 1. The minimum Gasteiger partial charge on any atom is -0.491 e. The lowest BCUT2D eigenvalue weighted by atomic mass is 10.1. The molecule has 4 aromatic rings. The van der Waals surface area contributed by atoms with Gasteiger partial charge in [-0.2, -0.15) is 4.98 Å². The maximum absolute atomic E-state index is 14.6. The molecule has 2 aromatic heterocycles. The number of oxazole rings is 1. The van der Waals surface area contributed by atoms with Crippen LogP contribution in [0.4, 0.5) is 16.1 Å². The number of fused-ring (bicyclic) bond motifs is 1. The van der Waals surface area contributed by atoms with Crippen LogP contribution in [0, 0.1) is 5.82 Å². The molecular weight excluding hydrogens is 373 g/mol. The molecule has 5 rings (SSSR count). The Morgan fingerprint density at radius 1 is 1.17 bits per heavy atom. The molecule has 2 N–H and O–H groups in total. The first kappa shape index (κ1) is 17.8. The van der Waals surface area contributed by atoms with Gasteiger partial charge in [-0.1, -0.05) is 0 Å². The second kappa shape index (κ2) is 6.65. The second-order valence-corrected chi connectivity index (χ2v) is 7.33. The number of anilines is 2. The van der Waals surface area contributed by atoms with Gasteiger partial charge in [-0.25, -0.2) is 9.37 Å². The van der Waals surface area contributed by atoms with E-state index in [1.807, 2.05) is 7.05 Å². The van der Waals surface area contributed by atoms with Crippen LogP contribution >= 0.6 is 0 Å². The molecule has 0 amide bonds. The molecule has 0 saturated carbocycles. The van der Waals surface area contributed by atoms with Crippen LogP contribution in [0.3, 0.4) is 0 Å². The number of rotatable bonds is 3. The molecule has 0 bridgehead atoms. The third-order valence-electron chi connectivity index (χ3n) is 5.46. The maximum atomic E-state index is 14.6. The molecule has 0 fully saturated rings. The normalized spacial score (nSPS) is 14.0. The summed E-state index contributed by atoms with van der Waals surface area (Å²) >= 11 is 0. The van der Waals surface area contributed by atoms with Gasteiger partial charge in [0, 0.05) is 37.5 Å². The highest BCUT2D eigenvalue weighted by Gasteiger charge is 2.22. The van der Waals surface area contributed by atoms with Crippen molar-refractivity contribution in [2.45, 2.75) is 26.3 Å². The molecule has 0 radical (unpaired) electrons. The number of ether oxygens (including phenoxy) is 1. The van der Waals surface area contributed by atoms with E-state index >= 15 is 0 Å². The standard InChI is InChI=1S/C21H22FN5O2/c1-3-26(2)13-10-15-18-17(11-13)28-7-5-4-6-27(18)20(24-15)12-8-14(22)19-16(9-12)25-21(23)29-19/h8-11H,3-7H2,1-2H3,(H2,23,25). The van der Waals surface area contributed by atoms with Gasteiger partial charge in [0.05, 0.1) is 12.1 Å². The zero-order chi connectivity index (χ0) is 20.1. The van der Waals surface area contributed by atoms with Crippen LogP contribution in [0.25, 0.3) is 33.5 Å². The maximum Gasteiger partial charge on any atom is 0.293 e. The highest BCUT2D eigenvalue weighted by atomic mass is 19.1. The fraction of sp³-hybridized carbons (Fsp3) is 0.333. The fourth-order valence-corrected chi connectivity index (χ4v) is 3.86. The third-order valence-corrected chi connectivity index (χ3v) is 5.46. The summed E-state index contributed by atoms with van der Waals surface area (Å²) in [7, 11) is 2.03. The number of aryl methyl sites for hydroxylation is 1. The average molecular weight is 395 g/mol. The van der Waals surface area contributed by atoms with E-state index in [1.54, 1.807) is 6.07 Å². The van der Waals surface area contributed by atoms with E-state index in [4.69, 9.17) is 19.9 Å². The van der Waals surface area contributed by atoms with E-state index in [2.05, 4.69) is 33.5 Å². The van der Waals surface area contributed by atoms with Crippen molar-refractivity contribution in [2.24, 2.45) is 0 Å². The smallest absolute Gasteiger partial charge is 0.293 e. The topological polar surface area (TPSA) is 82.3 Å². The van der Waals surface area contributed by atoms with Crippen LogP contribution in [0.15, 0.2) is 28.7 Å². The molecule has 7 nitrogen and oxygen atoms in total.